The number of carboxylic acid groups (broad SMARTS) is 1. The molecule has 0 unspecified atom stereocenters. The Morgan fingerprint density at radius 2 is 1.88 bits per heavy atom. The monoisotopic (exact) mass is 339 g/mol. The Balaban J connectivity index is 1.87. The lowest BCUT2D eigenvalue weighted by Crippen LogP contribution is -2.21. The zero-order valence-corrected chi connectivity index (χ0v) is 14.1. The van der Waals surface area contributed by atoms with Crippen LogP contribution in [0.2, 0.25) is 0 Å². The Morgan fingerprint density at radius 1 is 1.20 bits per heavy atom. The van der Waals surface area contributed by atoms with E-state index in [1.807, 2.05) is 25.1 Å². The summed E-state index contributed by atoms with van der Waals surface area (Å²) < 4.78 is 5.65. The maximum Gasteiger partial charge on any atom is 0.335 e. The van der Waals surface area contributed by atoms with Gasteiger partial charge in [0.1, 0.15) is 5.76 Å². The van der Waals surface area contributed by atoms with Gasteiger partial charge in [0, 0.05) is 20.2 Å². The lowest BCUT2D eigenvalue weighted by Gasteiger charge is -2.11. The minimum Gasteiger partial charge on any atom is -0.478 e. The van der Waals surface area contributed by atoms with Crippen LogP contribution in [0.15, 0.2) is 51.5 Å². The molecular weight excluding hydrogens is 322 g/mol. The van der Waals surface area contributed by atoms with E-state index in [4.69, 9.17) is 9.52 Å². The fourth-order valence-electron chi connectivity index (χ4n) is 2.41. The molecule has 7 nitrogen and oxygen atoms in total. The average Bonchev–Trinajstić information content (AvgIpc) is 3.15. The summed E-state index contributed by atoms with van der Waals surface area (Å²) in [6.07, 6.45) is 1.65. The highest BCUT2D eigenvalue weighted by molar-refractivity contribution is 6.32. The highest BCUT2D eigenvalue weighted by Crippen LogP contribution is 2.26. The average molecular weight is 339 g/mol. The molecule has 7 heteroatoms. The predicted octanol–water partition coefficient (Wildman–Crippen LogP) is 2.85. The van der Waals surface area contributed by atoms with Crippen LogP contribution < -0.4 is 9.91 Å². The van der Waals surface area contributed by atoms with E-state index in [2.05, 4.69) is 5.10 Å². The zero-order chi connectivity index (χ0) is 18.1. The third-order valence-electron chi connectivity index (χ3n) is 3.76. The van der Waals surface area contributed by atoms with Crippen molar-refractivity contribution in [2.45, 2.75) is 6.92 Å². The van der Waals surface area contributed by atoms with Crippen LogP contribution in [0.4, 0.5) is 11.6 Å². The smallest absolute Gasteiger partial charge is 0.335 e. The Labute approximate surface area is 144 Å². The molecule has 1 aromatic heterocycles. The highest BCUT2D eigenvalue weighted by atomic mass is 16.4. The SMILES string of the molecule is CC1=NN(c2ccc(C(=O)O)cc2)C(=O)/C1=C/c1ccc(N(C)C)o1. The van der Waals surface area contributed by atoms with Crippen molar-refractivity contribution in [3.63, 3.8) is 0 Å². The molecule has 2 heterocycles. The number of carboxylic acids is 1. The van der Waals surface area contributed by atoms with Crippen molar-refractivity contribution in [3.8, 4) is 0 Å². The van der Waals surface area contributed by atoms with Gasteiger partial charge in [0.15, 0.2) is 5.88 Å². The van der Waals surface area contributed by atoms with E-state index in [0.717, 1.165) is 0 Å². The summed E-state index contributed by atoms with van der Waals surface area (Å²) in [5.74, 6) is -0.0601. The summed E-state index contributed by atoms with van der Waals surface area (Å²) in [5.41, 5.74) is 1.65. The Bertz CT molecular complexity index is 891. The van der Waals surface area contributed by atoms with E-state index in [0.29, 0.717) is 28.6 Å². The Hall–Kier alpha value is -3.35. The molecule has 0 bridgehead atoms. The number of benzene rings is 1. The van der Waals surface area contributed by atoms with Gasteiger partial charge in [0.05, 0.1) is 22.5 Å². The number of amides is 1. The van der Waals surface area contributed by atoms with E-state index < -0.39 is 5.97 Å². The van der Waals surface area contributed by atoms with Crippen LogP contribution in [0.5, 0.6) is 0 Å². The van der Waals surface area contributed by atoms with Gasteiger partial charge >= 0.3 is 5.97 Å². The maximum absolute atomic E-state index is 12.7. The van der Waals surface area contributed by atoms with Crippen LogP contribution in [0.1, 0.15) is 23.0 Å². The molecule has 2 aromatic rings. The van der Waals surface area contributed by atoms with Crippen molar-refractivity contribution in [1.82, 2.24) is 0 Å². The molecule has 1 aliphatic rings. The first-order valence-corrected chi connectivity index (χ1v) is 7.59. The molecule has 0 saturated carbocycles. The second kappa shape index (κ2) is 6.27. The normalized spacial score (nSPS) is 15.6. The molecule has 0 spiro atoms. The van der Waals surface area contributed by atoms with Gasteiger partial charge in [-0.25, -0.2) is 4.79 Å². The molecule has 25 heavy (non-hydrogen) atoms. The Kier molecular flexibility index (Phi) is 4.14. The van der Waals surface area contributed by atoms with Gasteiger partial charge in [-0.15, -0.1) is 0 Å². The lowest BCUT2D eigenvalue weighted by molar-refractivity contribution is -0.114. The quantitative estimate of drug-likeness (QED) is 0.866. The van der Waals surface area contributed by atoms with Gasteiger partial charge in [-0.05, 0) is 43.3 Å². The van der Waals surface area contributed by atoms with E-state index in [-0.39, 0.29) is 11.5 Å². The Morgan fingerprint density at radius 3 is 2.44 bits per heavy atom. The molecule has 0 atom stereocenters. The minimum absolute atomic E-state index is 0.152. The van der Waals surface area contributed by atoms with Gasteiger partial charge in [-0.2, -0.15) is 10.1 Å². The first-order valence-electron chi connectivity index (χ1n) is 7.59. The van der Waals surface area contributed by atoms with Crippen LogP contribution in [0.3, 0.4) is 0 Å². The fraction of sp³-hybridized carbons (Fsp3) is 0.167. The molecule has 0 fully saturated rings. The molecule has 0 saturated heterocycles. The number of hydrogen-bond acceptors (Lipinski definition) is 5. The molecule has 1 aliphatic heterocycles. The molecule has 1 N–H and O–H groups in total. The van der Waals surface area contributed by atoms with Crippen molar-refractivity contribution in [1.29, 1.82) is 0 Å². The number of carbonyl (C=O) groups excluding carboxylic acids is 1. The third-order valence-corrected chi connectivity index (χ3v) is 3.76. The van der Waals surface area contributed by atoms with Crippen molar-refractivity contribution in [2.75, 3.05) is 24.0 Å². The minimum atomic E-state index is -1.02. The number of carbonyl (C=O) groups is 2. The fourth-order valence-corrected chi connectivity index (χ4v) is 2.41. The number of aromatic carboxylic acids is 1. The van der Waals surface area contributed by atoms with Crippen molar-refractivity contribution < 1.29 is 19.1 Å². The third kappa shape index (κ3) is 3.16. The number of hydrazone groups is 1. The summed E-state index contributed by atoms with van der Waals surface area (Å²) >= 11 is 0. The van der Waals surface area contributed by atoms with Crippen LogP contribution in [-0.2, 0) is 4.79 Å². The number of rotatable bonds is 4. The molecule has 0 radical (unpaired) electrons. The summed E-state index contributed by atoms with van der Waals surface area (Å²) in [5, 5.41) is 14.5. The first kappa shape index (κ1) is 16.5. The summed E-state index contributed by atoms with van der Waals surface area (Å²) in [6.45, 7) is 1.74. The van der Waals surface area contributed by atoms with Crippen LogP contribution in [0, 0.1) is 0 Å². The largest absolute Gasteiger partial charge is 0.478 e. The van der Waals surface area contributed by atoms with E-state index in [1.54, 1.807) is 31.2 Å². The van der Waals surface area contributed by atoms with Gasteiger partial charge in [0.25, 0.3) is 5.91 Å². The van der Waals surface area contributed by atoms with Gasteiger partial charge in [0.2, 0.25) is 0 Å². The topological polar surface area (TPSA) is 86.3 Å². The molecular formula is C18H17N3O4. The number of anilines is 2. The van der Waals surface area contributed by atoms with Crippen LogP contribution in [0.25, 0.3) is 6.08 Å². The molecule has 1 amide bonds. The number of furan rings is 1. The van der Waals surface area contributed by atoms with Crippen molar-refractivity contribution >= 4 is 35.2 Å². The van der Waals surface area contributed by atoms with E-state index >= 15 is 0 Å². The zero-order valence-electron chi connectivity index (χ0n) is 14.1. The standard InChI is InChI=1S/C18H17N3O4/c1-11-15(10-14-8-9-16(25-14)20(2)3)17(22)21(19-11)13-6-4-12(5-7-13)18(23)24/h4-10H,1-3H3,(H,23,24)/b15-10+. The van der Waals surface area contributed by atoms with Gasteiger partial charge in [-0.1, -0.05) is 0 Å². The van der Waals surface area contributed by atoms with Gasteiger partial charge < -0.3 is 14.4 Å². The second-order valence-corrected chi connectivity index (χ2v) is 5.78. The van der Waals surface area contributed by atoms with Crippen LogP contribution >= 0.6 is 0 Å². The first-order chi connectivity index (χ1) is 11.9. The second-order valence-electron chi connectivity index (χ2n) is 5.78. The van der Waals surface area contributed by atoms with Crippen LogP contribution in [-0.4, -0.2) is 36.8 Å². The number of hydrogen-bond donors (Lipinski definition) is 1. The molecule has 0 aliphatic carbocycles. The predicted molar refractivity (Wildman–Crippen MR) is 95.0 cm³/mol. The molecule has 128 valence electrons. The lowest BCUT2D eigenvalue weighted by atomic mass is 10.1. The molecule has 1 aromatic carbocycles. The van der Waals surface area contributed by atoms with Crippen molar-refractivity contribution in [3.05, 3.63) is 53.3 Å². The summed E-state index contributed by atoms with van der Waals surface area (Å²) in [6, 6.07) is 9.59. The summed E-state index contributed by atoms with van der Waals surface area (Å²) in [4.78, 5) is 25.4. The van der Waals surface area contributed by atoms with E-state index in [9.17, 15) is 9.59 Å². The maximum atomic E-state index is 12.7. The van der Waals surface area contributed by atoms with Crippen molar-refractivity contribution in [2.24, 2.45) is 5.10 Å². The highest BCUT2D eigenvalue weighted by Gasteiger charge is 2.29. The molecule has 3 rings (SSSR count). The number of nitrogens with zero attached hydrogens (tertiary/aromatic N) is 3. The van der Waals surface area contributed by atoms with Gasteiger partial charge in [-0.3, -0.25) is 4.79 Å². The summed E-state index contributed by atoms with van der Waals surface area (Å²) in [7, 11) is 3.73. The van der Waals surface area contributed by atoms with E-state index in [1.165, 1.54) is 17.1 Å².